The molecule has 1 aromatic rings. The first-order valence-electron chi connectivity index (χ1n) is 14.3. The predicted octanol–water partition coefficient (Wildman–Crippen LogP) is 7.38. The van der Waals surface area contributed by atoms with Gasteiger partial charge in [0.1, 0.15) is 5.76 Å². The van der Waals surface area contributed by atoms with Gasteiger partial charge in [0.15, 0.2) is 11.6 Å². The van der Waals surface area contributed by atoms with E-state index in [-0.39, 0.29) is 11.7 Å². The number of carbonyl (C=O) groups excluding carboxylic acids is 1. The third kappa shape index (κ3) is 9.12. The van der Waals surface area contributed by atoms with Crippen molar-refractivity contribution in [3.63, 3.8) is 0 Å². The third-order valence-electron chi connectivity index (χ3n) is 7.19. The lowest BCUT2D eigenvalue weighted by molar-refractivity contribution is -0.113. The molecular weight excluding hydrogens is 496 g/mol. The second-order valence-corrected chi connectivity index (χ2v) is 9.95. The van der Waals surface area contributed by atoms with Crippen molar-refractivity contribution in [2.24, 2.45) is 10.9 Å². The van der Waals surface area contributed by atoms with Gasteiger partial charge in [-0.25, -0.2) is 0 Å². The Bertz CT molecular complexity index is 1240. The SMILES string of the molecule is C\C=C/C=C1/OC[C@H](CCCC(=O)/C(=N/C)N/C(Cc2cccc(C#N)c2)=C(\C)CC)/C(=C\C)N(C)/C1=C\CC. The van der Waals surface area contributed by atoms with Crippen LogP contribution < -0.4 is 5.32 Å². The highest BCUT2D eigenvalue weighted by atomic mass is 16.5. The molecule has 6 heteroatoms. The summed E-state index contributed by atoms with van der Waals surface area (Å²) >= 11 is 0. The summed E-state index contributed by atoms with van der Waals surface area (Å²) < 4.78 is 6.29. The normalized spacial score (nSPS) is 19.9. The topological polar surface area (TPSA) is 77.7 Å². The van der Waals surface area contributed by atoms with Crippen LogP contribution in [0.15, 0.2) is 88.1 Å². The Hall–Kier alpha value is -3.85. The van der Waals surface area contributed by atoms with Crippen LogP contribution >= 0.6 is 0 Å². The van der Waals surface area contributed by atoms with E-state index in [1.165, 1.54) is 5.70 Å². The minimum atomic E-state index is -0.000151. The number of nitriles is 1. The summed E-state index contributed by atoms with van der Waals surface area (Å²) in [5.41, 5.74) is 6.04. The molecule has 0 bridgehead atoms. The number of ether oxygens (including phenoxy) is 1. The van der Waals surface area contributed by atoms with E-state index in [2.05, 4.69) is 68.2 Å². The van der Waals surface area contributed by atoms with Gasteiger partial charge in [-0.1, -0.05) is 55.9 Å². The first kappa shape index (κ1) is 32.4. The molecule has 1 aliphatic rings. The molecule has 6 nitrogen and oxygen atoms in total. The lowest BCUT2D eigenvalue weighted by atomic mass is 9.96. The van der Waals surface area contributed by atoms with Gasteiger partial charge in [-0.2, -0.15) is 5.26 Å². The first-order chi connectivity index (χ1) is 19.3. The van der Waals surface area contributed by atoms with Crippen LogP contribution in [0.25, 0.3) is 0 Å². The van der Waals surface area contributed by atoms with Crippen LogP contribution in [-0.4, -0.2) is 37.2 Å². The molecule has 1 aromatic carbocycles. The molecule has 0 aromatic heterocycles. The largest absolute Gasteiger partial charge is 0.491 e. The number of carbonyl (C=O) groups is 1. The van der Waals surface area contributed by atoms with Crippen LogP contribution in [0.2, 0.25) is 0 Å². The Morgan fingerprint density at radius 2 is 2.08 bits per heavy atom. The van der Waals surface area contributed by atoms with Crippen molar-refractivity contribution in [2.75, 3.05) is 20.7 Å². The van der Waals surface area contributed by atoms with Crippen LogP contribution in [0.1, 0.15) is 77.8 Å². The van der Waals surface area contributed by atoms with Crippen LogP contribution in [0, 0.1) is 17.2 Å². The van der Waals surface area contributed by atoms with E-state index in [4.69, 9.17) is 4.74 Å². The lowest BCUT2D eigenvalue weighted by Gasteiger charge is -2.26. The summed E-state index contributed by atoms with van der Waals surface area (Å²) in [6.07, 6.45) is 14.7. The number of amidine groups is 1. The van der Waals surface area contributed by atoms with Crippen molar-refractivity contribution < 1.29 is 9.53 Å². The molecule has 1 aliphatic heterocycles. The number of likely N-dealkylation sites (N-methyl/N-ethyl adjacent to an activating group) is 1. The second-order valence-electron chi connectivity index (χ2n) is 9.95. The van der Waals surface area contributed by atoms with Crippen molar-refractivity contribution in [3.8, 4) is 6.07 Å². The van der Waals surface area contributed by atoms with Crippen LogP contribution in [-0.2, 0) is 16.0 Å². The summed E-state index contributed by atoms with van der Waals surface area (Å²) in [5.74, 6) is 1.43. The van der Waals surface area contributed by atoms with Gasteiger partial charge in [-0.15, -0.1) is 0 Å². The van der Waals surface area contributed by atoms with Gasteiger partial charge in [0.25, 0.3) is 0 Å². The molecule has 0 spiro atoms. The van der Waals surface area contributed by atoms with Gasteiger partial charge < -0.3 is 15.0 Å². The van der Waals surface area contributed by atoms with Gasteiger partial charge >= 0.3 is 0 Å². The van der Waals surface area contributed by atoms with E-state index in [9.17, 15) is 10.1 Å². The highest BCUT2D eigenvalue weighted by molar-refractivity contribution is 6.39. The fourth-order valence-corrected chi connectivity index (χ4v) is 4.83. The Balaban J connectivity index is 2.11. The predicted molar refractivity (Wildman–Crippen MR) is 165 cm³/mol. The average Bonchev–Trinajstić information content (AvgIpc) is 3.09. The summed E-state index contributed by atoms with van der Waals surface area (Å²) in [6.45, 7) is 10.9. The van der Waals surface area contributed by atoms with E-state index in [0.717, 1.165) is 54.0 Å². The van der Waals surface area contributed by atoms with E-state index in [1.807, 2.05) is 43.4 Å². The average molecular weight is 543 g/mol. The zero-order valence-corrected chi connectivity index (χ0v) is 25.4. The molecule has 0 unspecified atom stereocenters. The first-order valence-corrected chi connectivity index (χ1v) is 14.3. The maximum absolute atomic E-state index is 13.3. The van der Waals surface area contributed by atoms with Crippen LogP contribution in [0.4, 0.5) is 0 Å². The molecule has 40 heavy (non-hydrogen) atoms. The van der Waals surface area contributed by atoms with Gasteiger partial charge in [0, 0.05) is 44.2 Å². The molecule has 0 saturated carbocycles. The molecule has 1 N–H and O–H groups in total. The highest BCUT2D eigenvalue weighted by Crippen LogP contribution is 2.32. The molecule has 1 saturated heterocycles. The number of aliphatic imine (C=N–C) groups is 1. The molecule has 0 aliphatic carbocycles. The van der Waals surface area contributed by atoms with Crippen molar-refractivity contribution in [1.29, 1.82) is 5.26 Å². The summed E-state index contributed by atoms with van der Waals surface area (Å²) in [5, 5.41) is 12.6. The van der Waals surface area contributed by atoms with Gasteiger partial charge in [0.05, 0.1) is 23.9 Å². The fourth-order valence-electron chi connectivity index (χ4n) is 4.83. The smallest absolute Gasteiger partial charge is 0.197 e. The Morgan fingerprint density at radius 1 is 1.30 bits per heavy atom. The molecule has 0 amide bonds. The van der Waals surface area contributed by atoms with Gasteiger partial charge in [-0.05, 0) is 70.2 Å². The van der Waals surface area contributed by atoms with Gasteiger partial charge in [0.2, 0.25) is 0 Å². The molecule has 1 atom stereocenters. The number of ketones is 1. The molecule has 0 radical (unpaired) electrons. The number of nitrogens with one attached hydrogen (secondary N) is 1. The lowest BCUT2D eigenvalue weighted by Crippen LogP contribution is -2.32. The van der Waals surface area contributed by atoms with Crippen molar-refractivity contribution in [1.82, 2.24) is 10.2 Å². The number of allylic oxidation sites excluding steroid dienone is 7. The maximum Gasteiger partial charge on any atom is 0.197 e. The van der Waals surface area contributed by atoms with Gasteiger partial charge in [-0.3, -0.25) is 9.79 Å². The minimum absolute atomic E-state index is 0.000151. The number of Topliss-reactive ketones (excluding diaryl/α,β-unsaturated/α-hetero) is 1. The van der Waals surface area contributed by atoms with Crippen LogP contribution in [0.3, 0.4) is 0 Å². The second kappa shape index (κ2) is 17.0. The van der Waals surface area contributed by atoms with Crippen LogP contribution in [0.5, 0.6) is 0 Å². The summed E-state index contributed by atoms with van der Waals surface area (Å²) in [7, 11) is 3.75. The van der Waals surface area contributed by atoms with Crippen molar-refractivity contribution in [3.05, 3.63) is 94.2 Å². The van der Waals surface area contributed by atoms with Crippen molar-refractivity contribution >= 4 is 11.6 Å². The molecular formula is C34H46N4O2. The third-order valence-corrected chi connectivity index (χ3v) is 7.19. The highest BCUT2D eigenvalue weighted by Gasteiger charge is 2.27. The standard InChI is InChI=1S/C34H46N4O2/c1-8-12-20-33-31(15-9-2)38(7)30(11-4)28(24-40-33)18-14-19-32(39)34(36-6)37-29(25(5)10-3)22-26-16-13-17-27(21-26)23-35/h8,11-13,15-17,20-21,28H,9-10,14,18-19,22,24H2,1-7H3,(H,36,37)/b12-8-,29-25+,30-11+,31-15-,33-20+/t28-/m0/s1. The molecule has 2 rings (SSSR count). The zero-order valence-electron chi connectivity index (χ0n) is 25.4. The Kier molecular flexibility index (Phi) is 13.7. The fraction of sp³-hybridized carbons (Fsp3) is 0.441. The molecule has 1 heterocycles. The Labute approximate surface area is 241 Å². The maximum atomic E-state index is 13.3. The van der Waals surface area contributed by atoms with E-state index < -0.39 is 0 Å². The number of nitrogens with zero attached hydrogens (tertiary/aromatic N) is 3. The Morgan fingerprint density at radius 3 is 2.70 bits per heavy atom. The molecule has 1 fully saturated rings. The number of benzene rings is 1. The number of hydrogen-bond acceptors (Lipinski definition) is 5. The summed E-state index contributed by atoms with van der Waals surface area (Å²) in [4.78, 5) is 19.8. The van der Waals surface area contributed by atoms with E-state index in [0.29, 0.717) is 30.8 Å². The number of hydrogen-bond donors (Lipinski definition) is 1. The summed E-state index contributed by atoms with van der Waals surface area (Å²) in [6, 6.07) is 9.78. The quantitative estimate of drug-likeness (QED) is 0.233. The van der Waals surface area contributed by atoms with Crippen molar-refractivity contribution in [2.45, 2.75) is 73.1 Å². The monoisotopic (exact) mass is 542 g/mol. The minimum Gasteiger partial charge on any atom is -0.491 e. The number of rotatable bonds is 11. The van der Waals surface area contributed by atoms with E-state index >= 15 is 0 Å². The molecule has 214 valence electrons. The van der Waals surface area contributed by atoms with E-state index in [1.54, 1.807) is 13.1 Å². The zero-order chi connectivity index (χ0) is 29.5.